The minimum Gasteiger partial charge on any atom is -0.349 e. The summed E-state index contributed by atoms with van der Waals surface area (Å²) in [4.78, 5) is 2.03. The Morgan fingerprint density at radius 1 is 1.00 bits per heavy atom. The number of nitrogens with zero attached hydrogens (tertiary/aromatic N) is 2. The van der Waals surface area contributed by atoms with E-state index in [-0.39, 0.29) is 11.0 Å². The van der Waals surface area contributed by atoms with Crippen molar-refractivity contribution in [1.29, 1.82) is 5.26 Å². The summed E-state index contributed by atoms with van der Waals surface area (Å²) in [6.07, 6.45) is 3.26. The van der Waals surface area contributed by atoms with Gasteiger partial charge in [0.05, 0.1) is 19.3 Å². The predicted octanol–water partition coefficient (Wildman–Crippen LogP) is 2.15. The van der Waals surface area contributed by atoms with Crippen molar-refractivity contribution in [1.82, 2.24) is 4.90 Å². The number of rotatable bonds is 1. The van der Waals surface area contributed by atoms with Crippen molar-refractivity contribution in [3.8, 4) is 6.07 Å². The molecule has 0 aromatic carbocycles. The lowest BCUT2D eigenvalue weighted by Gasteiger charge is -2.49. The first-order valence-corrected chi connectivity index (χ1v) is 6.70. The highest BCUT2D eigenvalue weighted by Gasteiger charge is 2.48. The van der Waals surface area contributed by atoms with E-state index in [1.807, 2.05) is 19.0 Å². The largest absolute Gasteiger partial charge is 0.349 e. The van der Waals surface area contributed by atoms with Crippen molar-refractivity contribution >= 4 is 0 Å². The van der Waals surface area contributed by atoms with Crippen LogP contribution in [0, 0.1) is 16.7 Å². The van der Waals surface area contributed by atoms with Crippen LogP contribution in [0.25, 0.3) is 0 Å². The molecule has 0 bridgehead atoms. The summed E-state index contributed by atoms with van der Waals surface area (Å²) in [6, 6.07) is 2.47. The average molecular weight is 252 g/mol. The van der Waals surface area contributed by atoms with Crippen molar-refractivity contribution in [3.63, 3.8) is 0 Å². The van der Waals surface area contributed by atoms with E-state index in [1.54, 1.807) is 0 Å². The molecule has 18 heavy (non-hydrogen) atoms. The summed E-state index contributed by atoms with van der Waals surface area (Å²) in [7, 11) is 3.96. The predicted molar refractivity (Wildman–Crippen MR) is 68.9 cm³/mol. The first-order chi connectivity index (χ1) is 8.33. The maximum absolute atomic E-state index is 9.41. The Labute approximate surface area is 110 Å². The van der Waals surface area contributed by atoms with Gasteiger partial charge in [0.15, 0.2) is 5.79 Å². The lowest BCUT2D eigenvalue weighted by atomic mass is 9.78. The number of nitriles is 1. The molecular weight excluding hydrogens is 228 g/mol. The van der Waals surface area contributed by atoms with Crippen molar-refractivity contribution in [2.24, 2.45) is 5.41 Å². The number of hydrogen-bond donors (Lipinski definition) is 0. The average Bonchev–Trinajstić information content (AvgIpc) is 2.34. The maximum atomic E-state index is 9.41. The molecule has 0 unspecified atom stereocenters. The summed E-state index contributed by atoms with van der Waals surface area (Å²) < 4.78 is 12.0. The molecule has 0 amide bonds. The van der Waals surface area contributed by atoms with Gasteiger partial charge in [-0.1, -0.05) is 13.8 Å². The van der Waals surface area contributed by atoms with E-state index in [9.17, 15) is 5.26 Å². The monoisotopic (exact) mass is 252 g/mol. The number of hydrogen-bond acceptors (Lipinski definition) is 4. The summed E-state index contributed by atoms with van der Waals surface area (Å²) >= 11 is 0. The topological polar surface area (TPSA) is 45.5 Å². The Hall–Kier alpha value is -0.630. The third-order valence-corrected chi connectivity index (χ3v) is 4.36. The van der Waals surface area contributed by atoms with Gasteiger partial charge in [-0.3, -0.25) is 4.90 Å². The molecule has 2 rings (SSSR count). The van der Waals surface area contributed by atoms with Crippen molar-refractivity contribution < 1.29 is 9.47 Å². The molecular formula is C14H24N2O2. The Kier molecular flexibility index (Phi) is 3.44. The van der Waals surface area contributed by atoms with Gasteiger partial charge in [0.25, 0.3) is 0 Å². The smallest absolute Gasteiger partial charge is 0.168 e. The van der Waals surface area contributed by atoms with Crippen LogP contribution < -0.4 is 0 Å². The molecule has 1 saturated carbocycles. The van der Waals surface area contributed by atoms with Crippen LogP contribution in [0.4, 0.5) is 0 Å². The molecule has 4 heteroatoms. The van der Waals surface area contributed by atoms with Crippen molar-refractivity contribution in [3.05, 3.63) is 0 Å². The molecule has 1 saturated heterocycles. The van der Waals surface area contributed by atoms with Crippen LogP contribution in [0.2, 0.25) is 0 Å². The Morgan fingerprint density at radius 2 is 1.50 bits per heavy atom. The fourth-order valence-electron chi connectivity index (χ4n) is 2.73. The molecule has 0 N–H and O–H groups in total. The first-order valence-electron chi connectivity index (χ1n) is 6.70. The molecule has 4 nitrogen and oxygen atoms in total. The van der Waals surface area contributed by atoms with Gasteiger partial charge in [-0.15, -0.1) is 0 Å². The lowest BCUT2D eigenvalue weighted by Crippen LogP contribution is -2.55. The third-order valence-electron chi connectivity index (χ3n) is 4.36. The molecule has 0 radical (unpaired) electrons. The zero-order valence-corrected chi connectivity index (χ0v) is 12.0. The molecule has 102 valence electrons. The number of ether oxygens (including phenoxy) is 2. The molecule has 1 spiro atoms. The Morgan fingerprint density at radius 3 is 1.89 bits per heavy atom. The summed E-state index contributed by atoms with van der Waals surface area (Å²) in [5.74, 6) is -0.425. The SMILES string of the molecule is CN(C)C1(C#N)CCC2(CC1)OCC(C)(C)CO2. The minimum absolute atomic E-state index is 0.108. The van der Waals surface area contributed by atoms with Gasteiger partial charge in [0.2, 0.25) is 0 Å². The molecule has 0 atom stereocenters. The van der Waals surface area contributed by atoms with Crippen LogP contribution in [0.3, 0.4) is 0 Å². The van der Waals surface area contributed by atoms with Crippen molar-refractivity contribution in [2.45, 2.75) is 50.9 Å². The van der Waals surface area contributed by atoms with E-state index >= 15 is 0 Å². The molecule has 0 aromatic rings. The third kappa shape index (κ3) is 2.40. The van der Waals surface area contributed by atoms with Crippen molar-refractivity contribution in [2.75, 3.05) is 27.3 Å². The van der Waals surface area contributed by atoms with Gasteiger partial charge in [-0.25, -0.2) is 0 Å². The highest BCUT2D eigenvalue weighted by atomic mass is 16.7. The molecule has 1 heterocycles. The van der Waals surface area contributed by atoms with E-state index in [4.69, 9.17) is 9.47 Å². The fraction of sp³-hybridized carbons (Fsp3) is 0.929. The molecule has 2 fully saturated rings. The second-order valence-corrected chi connectivity index (χ2v) is 6.69. The highest BCUT2D eigenvalue weighted by molar-refractivity contribution is 5.10. The summed E-state index contributed by atoms with van der Waals surface area (Å²) in [6.45, 7) is 5.80. The van der Waals surface area contributed by atoms with Gasteiger partial charge < -0.3 is 9.47 Å². The highest BCUT2D eigenvalue weighted by Crippen LogP contribution is 2.43. The van der Waals surface area contributed by atoms with Crippen LogP contribution in [0.5, 0.6) is 0 Å². The van der Waals surface area contributed by atoms with Crippen LogP contribution in [-0.4, -0.2) is 43.5 Å². The van der Waals surface area contributed by atoms with Crippen LogP contribution >= 0.6 is 0 Å². The van der Waals surface area contributed by atoms with Crippen LogP contribution in [0.1, 0.15) is 39.5 Å². The normalized spacial score (nSPS) is 29.1. The van der Waals surface area contributed by atoms with E-state index < -0.39 is 5.79 Å². The molecule has 0 aromatic heterocycles. The van der Waals surface area contributed by atoms with E-state index in [2.05, 4.69) is 19.9 Å². The summed E-state index contributed by atoms with van der Waals surface area (Å²) in [5.41, 5.74) is -0.235. The first kappa shape index (κ1) is 13.8. The standard InChI is InChI=1S/C14H24N2O2/c1-12(2)10-17-14(18-11-12)7-5-13(9-15,6-8-14)16(3)4/h5-8,10-11H2,1-4H3. The van der Waals surface area contributed by atoms with E-state index in [0.717, 1.165) is 38.9 Å². The maximum Gasteiger partial charge on any atom is 0.168 e. The molecule has 2 aliphatic rings. The van der Waals surface area contributed by atoms with E-state index in [0.29, 0.717) is 0 Å². The van der Waals surface area contributed by atoms with E-state index in [1.165, 1.54) is 0 Å². The zero-order valence-electron chi connectivity index (χ0n) is 12.0. The molecule has 1 aliphatic carbocycles. The second-order valence-electron chi connectivity index (χ2n) is 6.69. The Balaban J connectivity index is 2.01. The van der Waals surface area contributed by atoms with Crippen LogP contribution in [0.15, 0.2) is 0 Å². The van der Waals surface area contributed by atoms with Gasteiger partial charge in [0, 0.05) is 18.3 Å². The quantitative estimate of drug-likeness (QED) is 0.717. The van der Waals surface area contributed by atoms with Crippen LogP contribution in [-0.2, 0) is 9.47 Å². The van der Waals surface area contributed by atoms with Gasteiger partial charge in [0.1, 0.15) is 5.54 Å². The van der Waals surface area contributed by atoms with Gasteiger partial charge >= 0.3 is 0 Å². The second kappa shape index (κ2) is 4.48. The zero-order chi connectivity index (χ0) is 13.4. The lowest BCUT2D eigenvalue weighted by molar-refractivity contribution is -0.314. The molecule has 1 aliphatic heterocycles. The Bertz CT molecular complexity index is 337. The van der Waals surface area contributed by atoms with Gasteiger partial charge in [-0.05, 0) is 26.9 Å². The minimum atomic E-state index is -0.425. The van der Waals surface area contributed by atoms with Gasteiger partial charge in [-0.2, -0.15) is 5.26 Å². The fourth-order valence-corrected chi connectivity index (χ4v) is 2.73. The summed E-state index contributed by atoms with van der Waals surface area (Å²) in [5, 5.41) is 9.41.